The van der Waals surface area contributed by atoms with Crippen LogP contribution < -0.4 is 5.32 Å². The fourth-order valence-corrected chi connectivity index (χ4v) is 1.85. The molecule has 0 aromatic heterocycles. The summed E-state index contributed by atoms with van der Waals surface area (Å²) in [4.78, 5) is 24.2. The molecule has 1 heterocycles. The first-order valence-corrected chi connectivity index (χ1v) is 5.27. The van der Waals surface area contributed by atoms with Crippen LogP contribution in [0.3, 0.4) is 0 Å². The van der Waals surface area contributed by atoms with E-state index in [4.69, 9.17) is 11.6 Å². The summed E-state index contributed by atoms with van der Waals surface area (Å²) in [5, 5.41) is 2.62. The smallest absolute Gasteiger partial charge is 0.237 e. The van der Waals surface area contributed by atoms with Crippen molar-refractivity contribution in [2.75, 3.05) is 26.0 Å². The summed E-state index contributed by atoms with van der Waals surface area (Å²) in [6.45, 7) is 1.28. The highest BCUT2D eigenvalue weighted by molar-refractivity contribution is 6.27. The van der Waals surface area contributed by atoms with Crippen LogP contribution in [-0.4, -0.2) is 42.7 Å². The van der Waals surface area contributed by atoms with Gasteiger partial charge >= 0.3 is 0 Å². The zero-order valence-corrected chi connectivity index (χ0v) is 9.01. The molecule has 80 valence electrons. The van der Waals surface area contributed by atoms with Gasteiger partial charge < -0.3 is 10.2 Å². The molecule has 1 aliphatic heterocycles. The summed E-state index contributed by atoms with van der Waals surface area (Å²) >= 11 is 5.44. The van der Waals surface area contributed by atoms with E-state index < -0.39 is 0 Å². The number of nitrogens with zero attached hydrogens (tertiary/aromatic N) is 1. The fourth-order valence-electron chi connectivity index (χ4n) is 1.68. The molecule has 0 aromatic rings. The van der Waals surface area contributed by atoms with Gasteiger partial charge in [0.25, 0.3) is 0 Å². The molecular formula is C9H15ClN2O2. The van der Waals surface area contributed by atoms with E-state index in [0.717, 1.165) is 12.8 Å². The fraction of sp³-hybridized carbons (Fsp3) is 0.778. The van der Waals surface area contributed by atoms with Crippen LogP contribution in [0.4, 0.5) is 0 Å². The molecule has 5 heteroatoms. The van der Waals surface area contributed by atoms with Crippen molar-refractivity contribution >= 4 is 23.4 Å². The third kappa shape index (κ3) is 2.61. The number of hydrogen-bond acceptors (Lipinski definition) is 2. The SMILES string of the molecule is CNC(=O)C1CCN(C(=O)CCl)CC1. The average molecular weight is 219 g/mol. The number of carbonyl (C=O) groups is 2. The van der Waals surface area contributed by atoms with Gasteiger partial charge in [0.1, 0.15) is 5.88 Å². The first kappa shape index (κ1) is 11.3. The number of piperidine rings is 1. The molecule has 4 nitrogen and oxygen atoms in total. The average Bonchev–Trinajstić information content (AvgIpc) is 2.27. The van der Waals surface area contributed by atoms with Crippen molar-refractivity contribution in [2.24, 2.45) is 5.92 Å². The first-order valence-electron chi connectivity index (χ1n) is 4.74. The van der Waals surface area contributed by atoms with E-state index in [1.807, 2.05) is 0 Å². The highest BCUT2D eigenvalue weighted by Gasteiger charge is 2.25. The molecule has 0 saturated carbocycles. The van der Waals surface area contributed by atoms with Crippen LogP contribution in [0.15, 0.2) is 0 Å². The van der Waals surface area contributed by atoms with E-state index in [1.54, 1.807) is 11.9 Å². The molecule has 1 rings (SSSR count). The number of halogens is 1. The third-order valence-corrected chi connectivity index (χ3v) is 2.81. The standard InChI is InChI=1S/C9H15ClN2O2/c1-11-9(14)7-2-4-12(5-3-7)8(13)6-10/h7H,2-6H2,1H3,(H,11,14). The van der Waals surface area contributed by atoms with Gasteiger partial charge in [0.05, 0.1) is 0 Å². The van der Waals surface area contributed by atoms with Gasteiger partial charge in [-0.2, -0.15) is 0 Å². The molecule has 0 unspecified atom stereocenters. The summed E-state index contributed by atoms with van der Waals surface area (Å²) in [5.41, 5.74) is 0. The molecular weight excluding hydrogens is 204 g/mol. The monoisotopic (exact) mass is 218 g/mol. The van der Waals surface area contributed by atoms with E-state index in [1.165, 1.54) is 0 Å². The molecule has 0 atom stereocenters. The minimum atomic E-state index is -0.0398. The summed E-state index contributed by atoms with van der Waals surface area (Å²) in [5.74, 6) is 0.120. The van der Waals surface area contributed by atoms with Gasteiger partial charge in [0.15, 0.2) is 0 Å². The minimum absolute atomic E-state index is 0.0324. The summed E-state index contributed by atoms with van der Waals surface area (Å²) in [6, 6.07) is 0. The Hall–Kier alpha value is -0.770. The number of nitrogens with one attached hydrogen (secondary N) is 1. The molecule has 0 bridgehead atoms. The Bertz CT molecular complexity index is 201. The summed E-state index contributed by atoms with van der Waals surface area (Å²) < 4.78 is 0. The Morgan fingerprint density at radius 1 is 1.43 bits per heavy atom. The van der Waals surface area contributed by atoms with Crippen LogP contribution in [0.5, 0.6) is 0 Å². The van der Waals surface area contributed by atoms with Crippen LogP contribution in [0.1, 0.15) is 12.8 Å². The molecule has 1 aliphatic rings. The molecule has 0 aliphatic carbocycles. The van der Waals surface area contributed by atoms with Crippen molar-refractivity contribution < 1.29 is 9.59 Å². The molecule has 0 radical (unpaired) electrons. The maximum absolute atomic E-state index is 11.3. The highest BCUT2D eigenvalue weighted by Crippen LogP contribution is 2.17. The maximum atomic E-state index is 11.3. The van der Waals surface area contributed by atoms with Crippen molar-refractivity contribution in [3.63, 3.8) is 0 Å². The lowest BCUT2D eigenvalue weighted by atomic mass is 9.96. The van der Waals surface area contributed by atoms with E-state index in [-0.39, 0.29) is 23.6 Å². The molecule has 1 saturated heterocycles. The molecule has 0 aromatic carbocycles. The second-order valence-corrected chi connectivity index (χ2v) is 3.67. The second kappa shape index (κ2) is 5.20. The maximum Gasteiger partial charge on any atom is 0.237 e. The van der Waals surface area contributed by atoms with Crippen molar-refractivity contribution in [2.45, 2.75) is 12.8 Å². The lowest BCUT2D eigenvalue weighted by Gasteiger charge is -2.30. The van der Waals surface area contributed by atoms with Crippen LogP contribution in [-0.2, 0) is 9.59 Å². The number of hydrogen-bond donors (Lipinski definition) is 1. The first-order chi connectivity index (χ1) is 6.69. The van der Waals surface area contributed by atoms with Crippen LogP contribution in [0.25, 0.3) is 0 Å². The predicted molar refractivity (Wildman–Crippen MR) is 54.1 cm³/mol. The number of rotatable bonds is 2. The number of likely N-dealkylation sites (tertiary alicyclic amines) is 1. The van der Waals surface area contributed by atoms with E-state index in [2.05, 4.69) is 5.32 Å². The van der Waals surface area contributed by atoms with Gasteiger partial charge in [-0.3, -0.25) is 9.59 Å². The lowest BCUT2D eigenvalue weighted by Crippen LogP contribution is -2.42. The van der Waals surface area contributed by atoms with E-state index >= 15 is 0 Å². The summed E-state index contributed by atoms with van der Waals surface area (Å²) in [6.07, 6.45) is 1.48. The van der Waals surface area contributed by atoms with Gasteiger partial charge in [-0.1, -0.05) is 0 Å². The quantitative estimate of drug-likeness (QED) is 0.674. The van der Waals surface area contributed by atoms with Crippen molar-refractivity contribution in [1.29, 1.82) is 0 Å². The Kier molecular flexibility index (Phi) is 4.20. The predicted octanol–water partition coefficient (Wildman–Crippen LogP) is 0.210. The van der Waals surface area contributed by atoms with Crippen LogP contribution in [0.2, 0.25) is 0 Å². The lowest BCUT2D eigenvalue weighted by molar-refractivity contribution is -0.133. The van der Waals surface area contributed by atoms with Crippen LogP contribution >= 0.6 is 11.6 Å². The van der Waals surface area contributed by atoms with Crippen molar-refractivity contribution in [3.05, 3.63) is 0 Å². The largest absolute Gasteiger partial charge is 0.359 e. The minimum Gasteiger partial charge on any atom is -0.359 e. The van der Waals surface area contributed by atoms with E-state index in [0.29, 0.717) is 13.1 Å². The zero-order chi connectivity index (χ0) is 10.6. The molecule has 1 N–H and O–H groups in total. The summed E-state index contributed by atoms with van der Waals surface area (Å²) in [7, 11) is 1.64. The molecule has 14 heavy (non-hydrogen) atoms. The second-order valence-electron chi connectivity index (χ2n) is 3.40. The third-order valence-electron chi connectivity index (χ3n) is 2.58. The van der Waals surface area contributed by atoms with Crippen LogP contribution in [0, 0.1) is 5.92 Å². The van der Waals surface area contributed by atoms with Gasteiger partial charge in [-0.25, -0.2) is 0 Å². The molecule has 0 spiro atoms. The van der Waals surface area contributed by atoms with Gasteiger partial charge in [-0.05, 0) is 12.8 Å². The Morgan fingerprint density at radius 2 is 2.00 bits per heavy atom. The van der Waals surface area contributed by atoms with Gasteiger partial charge in [0, 0.05) is 26.1 Å². The highest BCUT2D eigenvalue weighted by atomic mass is 35.5. The molecule has 1 fully saturated rings. The topological polar surface area (TPSA) is 49.4 Å². The number of carbonyl (C=O) groups excluding carboxylic acids is 2. The Labute approximate surface area is 88.6 Å². The van der Waals surface area contributed by atoms with Gasteiger partial charge in [0.2, 0.25) is 11.8 Å². The Balaban J connectivity index is 2.38. The van der Waals surface area contributed by atoms with Crippen molar-refractivity contribution in [3.8, 4) is 0 Å². The number of alkyl halides is 1. The van der Waals surface area contributed by atoms with E-state index in [9.17, 15) is 9.59 Å². The Morgan fingerprint density at radius 3 is 2.43 bits per heavy atom. The van der Waals surface area contributed by atoms with Crippen molar-refractivity contribution in [1.82, 2.24) is 10.2 Å². The normalized spacial score (nSPS) is 18.0. The molecule has 2 amide bonds. The zero-order valence-electron chi connectivity index (χ0n) is 8.25. The van der Waals surface area contributed by atoms with Gasteiger partial charge in [-0.15, -0.1) is 11.6 Å². The number of amides is 2.